The molecule has 0 saturated carbocycles. The van der Waals surface area contributed by atoms with Crippen LogP contribution in [-0.4, -0.2) is 33.4 Å². The highest BCUT2D eigenvalue weighted by atomic mass is 16.2. The molecule has 3 rings (SSSR count). The predicted molar refractivity (Wildman–Crippen MR) is 110 cm³/mol. The fourth-order valence-corrected chi connectivity index (χ4v) is 4.17. The highest BCUT2D eigenvalue weighted by Crippen LogP contribution is 2.24. The SMILES string of the molecule is CCC(CC)C(=O)N1CCC(Cc2ncc(C)n2Cc2ccccc2)CC1. The van der Waals surface area contributed by atoms with Crippen molar-refractivity contribution in [1.29, 1.82) is 0 Å². The molecule has 4 nitrogen and oxygen atoms in total. The van der Waals surface area contributed by atoms with Gasteiger partial charge in [-0.2, -0.15) is 0 Å². The van der Waals surface area contributed by atoms with Crippen molar-refractivity contribution in [2.75, 3.05) is 13.1 Å². The van der Waals surface area contributed by atoms with Gasteiger partial charge in [-0.1, -0.05) is 44.2 Å². The Kier molecular flexibility index (Phi) is 6.70. The van der Waals surface area contributed by atoms with Crippen LogP contribution in [0, 0.1) is 18.8 Å². The van der Waals surface area contributed by atoms with E-state index in [1.54, 1.807) is 0 Å². The maximum atomic E-state index is 12.6. The molecule has 1 fully saturated rings. The number of likely N-dealkylation sites (tertiary alicyclic amines) is 1. The molecule has 1 aliphatic heterocycles. The lowest BCUT2D eigenvalue weighted by atomic mass is 9.91. The molecule has 2 aromatic rings. The van der Waals surface area contributed by atoms with Crippen molar-refractivity contribution in [1.82, 2.24) is 14.5 Å². The van der Waals surface area contributed by atoms with Gasteiger partial charge in [-0.25, -0.2) is 4.98 Å². The second-order valence-corrected chi connectivity index (χ2v) is 7.87. The van der Waals surface area contributed by atoms with Crippen LogP contribution < -0.4 is 0 Å². The maximum absolute atomic E-state index is 12.6. The predicted octanol–water partition coefficient (Wildman–Crippen LogP) is 4.46. The zero-order chi connectivity index (χ0) is 19.2. The first-order valence-corrected chi connectivity index (χ1v) is 10.5. The van der Waals surface area contributed by atoms with Crippen molar-refractivity contribution in [3.8, 4) is 0 Å². The topological polar surface area (TPSA) is 38.1 Å². The Balaban J connectivity index is 1.59. The largest absolute Gasteiger partial charge is 0.342 e. The molecule has 4 heteroatoms. The number of amides is 1. The van der Waals surface area contributed by atoms with Gasteiger partial charge in [0.15, 0.2) is 0 Å². The lowest BCUT2D eigenvalue weighted by molar-refractivity contribution is -0.137. The number of hydrogen-bond donors (Lipinski definition) is 0. The van der Waals surface area contributed by atoms with E-state index in [-0.39, 0.29) is 5.92 Å². The number of nitrogens with zero attached hydrogens (tertiary/aromatic N) is 3. The average Bonchev–Trinajstić information content (AvgIpc) is 3.03. The summed E-state index contributed by atoms with van der Waals surface area (Å²) >= 11 is 0. The first-order chi connectivity index (χ1) is 13.1. The van der Waals surface area contributed by atoms with Gasteiger partial charge in [-0.05, 0) is 44.1 Å². The van der Waals surface area contributed by atoms with E-state index >= 15 is 0 Å². The number of hydrogen-bond acceptors (Lipinski definition) is 2. The Morgan fingerprint density at radius 1 is 1.15 bits per heavy atom. The molecule has 1 aromatic carbocycles. The van der Waals surface area contributed by atoms with Crippen molar-refractivity contribution in [2.45, 2.75) is 59.4 Å². The number of aryl methyl sites for hydroxylation is 1. The third-order valence-corrected chi connectivity index (χ3v) is 6.05. The molecule has 0 unspecified atom stereocenters. The first kappa shape index (κ1) is 19.7. The molecule has 1 aromatic heterocycles. The zero-order valence-electron chi connectivity index (χ0n) is 17.0. The Hall–Kier alpha value is -2.10. The monoisotopic (exact) mass is 367 g/mol. The molecule has 1 aliphatic rings. The summed E-state index contributed by atoms with van der Waals surface area (Å²) in [7, 11) is 0. The van der Waals surface area contributed by atoms with Gasteiger partial charge in [-0.3, -0.25) is 4.79 Å². The van der Waals surface area contributed by atoms with Gasteiger partial charge in [0.1, 0.15) is 5.82 Å². The Morgan fingerprint density at radius 3 is 2.44 bits per heavy atom. The minimum absolute atomic E-state index is 0.203. The number of imidazole rings is 1. The second-order valence-electron chi connectivity index (χ2n) is 7.87. The van der Waals surface area contributed by atoms with Crippen LogP contribution in [0.4, 0.5) is 0 Å². The summed E-state index contributed by atoms with van der Waals surface area (Å²) in [6, 6.07) is 10.6. The molecule has 146 valence electrons. The van der Waals surface area contributed by atoms with E-state index in [0.717, 1.165) is 51.7 Å². The molecule has 0 N–H and O–H groups in total. The lowest BCUT2D eigenvalue weighted by Crippen LogP contribution is -2.42. The number of carbonyl (C=O) groups is 1. The van der Waals surface area contributed by atoms with Gasteiger partial charge in [-0.15, -0.1) is 0 Å². The minimum atomic E-state index is 0.203. The fourth-order valence-electron chi connectivity index (χ4n) is 4.17. The van der Waals surface area contributed by atoms with E-state index in [2.05, 4.69) is 60.6 Å². The van der Waals surface area contributed by atoms with Crippen LogP contribution in [0.15, 0.2) is 36.5 Å². The summed E-state index contributed by atoms with van der Waals surface area (Å²) in [6.07, 6.45) is 7.07. The quantitative estimate of drug-likeness (QED) is 0.725. The molecule has 0 atom stereocenters. The van der Waals surface area contributed by atoms with E-state index in [4.69, 9.17) is 4.98 Å². The highest BCUT2D eigenvalue weighted by molar-refractivity contribution is 5.78. The van der Waals surface area contributed by atoms with Crippen LogP contribution in [0.2, 0.25) is 0 Å². The van der Waals surface area contributed by atoms with Crippen molar-refractivity contribution >= 4 is 5.91 Å². The number of rotatable bonds is 7. The molecular formula is C23H33N3O. The normalized spacial score (nSPS) is 15.5. The van der Waals surface area contributed by atoms with E-state index in [1.165, 1.54) is 17.1 Å². The summed E-state index contributed by atoms with van der Waals surface area (Å²) < 4.78 is 2.34. The third-order valence-electron chi connectivity index (χ3n) is 6.05. The van der Waals surface area contributed by atoms with Crippen LogP contribution >= 0.6 is 0 Å². The van der Waals surface area contributed by atoms with Crippen molar-refractivity contribution in [3.05, 3.63) is 53.6 Å². The molecular weight excluding hydrogens is 334 g/mol. The van der Waals surface area contributed by atoms with Gasteiger partial charge in [0.05, 0.1) is 0 Å². The van der Waals surface area contributed by atoms with E-state index in [1.807, 2.05) is 6.20 Å². The third kappa shape index (κ3) is 4.79. The van der Waals surface area contributed by atoms with Crippen LogP contribution in [0.25, 0.3) is 0 Å². The zero-order valence-corrected chi connectivity index (χ0v) is 17.0. The summed E-state index contributed by atoms with van der Waals surface area (Å²) in [5.41, 5.74) is 2.53. The Morgan fingerprint density at radius 2 is 1.81 bits per heavy atom. The molecule has 1 amide bonds. The Labute approximate surface area is 163 Å². The fraction of sp³-hybridized carbons (Fsp3) is 0.565. The molecule has 1 saturated heterocycles. The number of carbonyl (C=O) groups excluding carboxylic acids is 1. The van der Waals surface area contributed by atoms with Crippen LogP contribution in [0.1, 0.15) is 56.6 Å². The van der Waals surface area contributed by atoms with Gasteiger partial charge in [0.2, 0.25) is 5.91 Å². The maximum Gasteiger partial charge on any atom is 0.225 e. The molecule has 0 aliphatic carbocycles. The highest BCUT2D eigenvalue weighted by Gasteiger charge is 2.27. The summed E-state index contributed by atoms with van der Waals surface area (Å²) in [6.45, 7) is 9.06. The minimum Gasteiger partial charge on any atom is -0.342 e. The number of aromatic nitrogens is 2. The summed E-state index contributed by atoms with van der Waals surface area (Å²) in [4.78, 5) is 19.4. The smallest absolute Gasteiger partial charge is 0.225 e. The standard InChI is InChI=1S/C23H33N3O/c1-4-21(5-2)23(27)25-13-11-19(12-14-25)15-22-24-16-18(3)26(22)17-20-9-7-6-8-10-20/h6-10,16,19,21H,4-5,11-15,17H2,1-3H3. The lowest BCUT2D eigenvalue weighted by Gasteiger charge is -2.34. The molecule has 2 heterocycles. The van der Waals surface area contributed by atoms with Gasteiger partial charge < -0.3 is 9.47 Å². The van der Waals surface area contributed by atoms with Gasteiger partial charge in [0.25, 0.3) is 0 Å². The van der Waals surface area contributed by atoms with E-state index in [0.29, 0.717) is 11.8 Å². The first-order valence-electron chi connectivity index (χ1n) is 10.5. The summed E-state index contributed by atoms with van der Waals surface area (Å²) in [5, 5.41) is 0. The van der Waals surface area contributed by atoms with Crippen LogP contribution in [-0.2, 0) is 17.8 Å². The van der Waals surface area contributed by atoms with Crippen molar-refractivity contribution < 1.29 is 4.79 Å². The Bertz CT molecular complexity index is 725. The van der Waals surface area contributed by atoms with Crippen molar-refractivity contribution in [2.24, 2.45) is 11.8 Å². The van der Waals surface area contributed by atoms with E-state index < -0.39 is 0 Å². The van der Waals surface area contributed by atoms with Gasteiger partial charge >= 0.3 is 0 Å². The van der Waals surface area contributed by atoms with Gasteiger partial charge in [0, 0.05) is 43.9 Å². The number of piperidine rings is 1. The molecule has 0 radical (unpaired) electrons. The second kappa shape index (κ2) is 9.20. The average molecular weight is 368 g/mol. The number of benzene rings is 1. The molecule has 0 spiro atoms. The van der Waals surface area contributed by atoms with Crippen LogP contribution in [0.5, 0.6) is 0 Å². The van der Waals surface area contributed by atoms with Crippen molar-refractivity contribution in [3.63, 3.8) is 0 Å². The molecule has 0 bridgehead atoms. The van der Waals surface area contributed by atoms with E-state index in [9.17, 15) is 4.79 Å². The molecule has 27 heavy (non-hydrogen) atoms. The van der Waals surface area contributed by atoms with Crippen LogP contribution in [0.3, 0.4) is 0 Å². The summed E-state index contributed by atoms with van der Waals surface area (Å²) in [5.74, 6) is 2.36.